The van der Waals surface area contributed by atoms with Crippen molar-refractivity contribution in [2.75, 3.05) is 0 Å². The lowest BCUT2D eigenvalue weighted by Gasteiger charge is -2.16. The third-order valence-corrected chi connectivity index (χ3v) is 3.75. The number of amides is 2. The lowest BCUT2D eigenvalue weighted by Crippen LogP contribution is -2.46. The zero-order valence-electron chi connectivity index (χ0n) is 11.7. The summed E-state index contributed by atoms with van der Waals surface area (Å²) in [6.45, 7) is 0. The van der Waals surface area contributed by atoms with Gasteiger partial charge in [-0.05, 0) is 39.7 Å². The van der Waals surface area contributed by atoms with E-state index in [1.54, 1.807) is 18.3 Å². The Bertz CT molecular complexity index is 735. The molecule has 1 heterocycles. The van der Waals surface area contributed by atoms with E-state index in [2.05, 4.69) is 26.2 Å². The van der Waals surface area contributed by atoms with E-state index in [0.717, 1.165) is 12.1 Å². The molecule has 3 N–H and O–H groups in total. The van der Waals surface area contributed by atoms with Crippen LogP contribution in [0.5, 0.6) is 0 Å². The predicted molar refractivity (Wildman–Crippen MR) is 82.4 cm³/mol. The van der Waals surface area contributed by atoms with Crippen LogP contribution in [0.15, 0.2) is 41.1 Å². The minimum atomic E-state index is -1.05. The first-order valence-electron chi connectivity index (χ1n) is 6.52. The molecule has 0 fully saturated rings. The van der Waals surface area contributed by atoms with Gasteiger partial charge in [0, 0.05) is 24.2 Å². The topological polar surface area (TPSA) is 85.1 Å². The first-order chi connectivity index (χ1) is 10.9. The van der Waals surface area contributed by atoms with Crippen molar-refractivity contribution in [3.63, 3.8) is 0 Å². The van der Waals surface area contributed by atoms with Crippen LogP contribution in [0.3, 0.4) is 0 Å². The summed E-state index contributed by atoms with van der Waals surface area (Å²) in [5, 5.41) is 2.37. The van der Waals surface area contributed by atoms with Gasteiger partial charge in [0.2, 0.25) is 5.91 Å². The summed E-state index contributed by atoms with van der Waals surface area (Å²) in [5.41, 5.74) is 5.70. The van der Waals surface area contributed by atoms with E-state index in [1.165, 1.54) is 0 Å². The van der Waals surface area contributed by atoms with Gasteiger partial charge in [0.05, 0.1) is 0 Å². The number of nitrogens with zero attached hydrogens (tertiary/aromatic N) is 1. The van der Waals surface area contributed by atoms with Crippen molar-refractivity contribution >= 4 is 27.7 Å². The minimum absolute atomic E-state index is 0.0906. The Morgan fingerprint density at radius 1 is 1.26 bits per heavy atom. The molecule has 0 aliphatic heterocycles. The van der Waals surface area contributed by atoms with Crippen LogP contribution < -0.4 is 11.1 Å². The molecule has 5 nitrogen and oxygen atoms in total. The third kappa shape index (κ3) is 4.56. The van der Waals surface area contributed by atoms with E-state index in [9.17, 15) is 18.4 Å². The second-order valence-electron chi connectivity index (χ2n) is 4.74. The quantitative estimate of drug-likeness (QED) is 0.773. The molecule has 0 bridgehead atoms. The molecule has 0 saturated heterocycles. The number of carbonyl (C=O) groups is 2. The van der Waals surface area contributed by atoms with Crippen molar-refractivity contribution in [2.24, 2.45) is 5.73 Å². The van der Waals surface area contributed by atoms with Gasteiger partial charge in [-0.15, -0.1) is 0 Å². The Hall–Kier alpha value is -2.35. The standard InChI is InChI=1S/C15H12BrF2N3O2/c16-13-8(2-1-3-20-13)6-12(14(19)22)21-15(23)9-4-10(17)7-11(18)5-9/h1-5,7,12H,6H2,(H2,19,22)(H,21,23)/t12-/m0/s1. The summed E-state index contributed by atoms with van der Waals surface area (Å²) in [4.78, 5) is 27.6. The van der Waals surface area contributed by atoms with E-state index in [-0.39, 0.29) is 12.0 Å². The van der Waals surface area contributed by atoms with Gasteiger partial charge >= 0.3 is 0 Å². The number of pyridine rings is 1. The Kier molecular flexibility index (Phi) is 5.38. The Morgan fingerprint density at radius 2 is 1.91 bits per heavy atom. The number of primary amides is 1. The molecule has 23 heavy (non-hydrogen) atoms. The molecule has 1 atom stereocenters. The zero-order chi connectivity index (χ0) is 17.0. The van der Waals surface area contributed by atoms with Gasteiger partial charge < -0.3 is 11.1 Å². The fraction of sp³-hybridized carbons (Fsp3) is 0.133. The van der Waals surface area contributed by atoms with Crippen molar-refractivity contribution in [1.82, 2.24) is 10.3 Å². The van der Waals surface area contributed by atoms with Crippen molar-refractivity contribution in [3.05, 3.63) is 63.9 Å². The molecule has 0 spiro atoms. The van der Waals surface area contributed by atoms with Crippen molar-refractivity contribution < 1.29 is 18.4 Å². The average molecular weight is 384 g/mol. The lowest BCUT2D eigenvalue weighted by molar-refractivity contribution is -0.119. The average Bonchev–Trinajstić information content (AvgIpc) is 2.47. The Balaban J connectivity index is 2.18. The van der Waals surface area contributed by atoms with Gasteiger partial charge in [-0.25, -0.2) is 13.8 Å². The Morgan fingerprint density at radius 3 is 2.48 bits per heavy atom. The first-order valence-corrected chi connectivity index (χ1v) is 7.32. The summed E-state index contributed by atoms with van der Waals surface area (Å²) >= 11 is 3.23. The molecule has 8 heteroatoms. The normalized spacial score (nSPS) is 11.8. The van der Waals surface area contributed by atoms with Gasteiger partial charge in [0.1, 0.15) is 22.3 Å². The van der Waals surface area contributed by atoms with E-state index >= 15 is 0 Å². The molecule has 0 aliphatic rings. The van der Waals surface area contributed by atoms with Gasteiger partial charge in [-0.1, -0.05) is 6.07 Å². The summed E-state index contributed by atoms with van der Waals surface area (Å²) in [6, 6.07) is 4.72. The minimum Gasteiger partial charge on any atom is -0.368 e. The second kappa shape index (κ2) is 7.28. The predicted octanol–water partition coefficient (Wildman–Crippen LogP) is 1.95. The largest absolute Gasteiger partial charge is 0.368 e. The summed E-state index contributed by atoms with van der Waals surface area (Å²) < 4.78 is 26.8. The maximum atomic E-state index is 13.2. The lowest BCUT2D eigenvalue weighted by atomic mass is 10.1. The highest BCUT2D eigenvalue weighted by atomic mass is 79.9. The van der Waals surface area contributed by atoms with Crippen LogP contribution in [0.1, 0.15) is 15.9 Å². The molecule has 1 aromatic heterocycles. The van der Waals surface area contributed by atoms with Crippen LogP contribution in [0.25, 0.3) is 0 Å². The third-order valence-electron chi connectivity index (χ3n) is 3.03. The number of nitrogens with one attached hydrogen (secondary N) is 1. The van der Waals surface area contributed by atoms with Crippen molar-refractivity contribution in [1.29, 1.82) is 0 Å². The summed E-state index contributed by atoms with van der Waals surface area (Å²) in [7, 11) is 0. The number of halogens is 3. The molecule has 0 unspecified atom stereocenters. The number of hydrogen-bond donors (Lipinski definition) is 2. The molecule has 2 amide bonds. The molecule has 0 aliphatic carbocycles. The maximum Gasteiger partial charge on any atom is 0.252 e. The van der Waals surface area contributed by atoms with Crippen LogP contribution in [-0.4, -0.2) is 22.8 Å². The maximum absolute atomic E-state index is 13.2. The van der Waals surface area contributed by atoms with Crippen molar-refractivity contribution in [2.45, 2.75) is 12.5 Å². The number of carbonyl (C=O) groups excluding carboxylic acids is 2. The van der Waals surface area contributed by atoms with Crippen molar-refractivity contribution in [3.8, 4) is 0 Å². The highest BCUT2D eigenvalue weighted by Gasteiger charge is 2.21. The highest BCUT2D eigenvalue weighted by molar-refractivity contribution is 9.10. The molecule has 1 aromatic carbocycles. The van der Waals surface area contributed by atoms with Crippen LogP contribution in [0, 0.1) is 11.6 Å². The number of rotatable bonds is 5. The fourth-order valence-electron chi connectivity index (χ4n) is 1.94. The van der Waals surface area contributed by atoms with E-state index in [1.807, 2.05) is 0 Å². The van der Waals surface area contributed by atoms with Gasteiger partial charge in [0.15, 0.2) is 0 Å². The zero-order valence-corrected chi connectivity index (χ0v) is 13.3. The monoisotopic (exact) mass is 383 g/mol. The Labute approximate surface area is 139 Å². The molecule has 2 aromatic rings. The highest BCUT2D eigenvalue weighted by Crippen LogP contribution is 2.15. The molecule has 0 saturated carbocycles. The number of aromatic nitrogens is 1. The number of benzene rings is 1. The van der Waals surface area contributed by atoms with E-state index in [0.29, 0.717) is 16.2 Å². The summed E-state index contributed by atoms with van der Waals surface area (Å²) in [6.07, 6.45) is 1.65. The first kappa shape index (κ1) is 17.0. The smallest absolute Gasteiger partial charge is 0.252 e. The van der Waals surface area contributed by atoms with Gasteiger partial charge in [0.25, 0.3) is 5.91 Å². The fourth-order valence-corrected chi connectivity index (χ4v) is 2.35. The van der Waals surface area contributed by atoms with Crippen LogP contribution in [-0.2, 0) is 11.2 Å². The van der Waals surface area contributed by atoms with E-state index in [4.69, 9.17) is 5.73 Å². The second-order valence-corrected chi connectivity index (χ2v) is 5.50. The molecular weight excluding hydrogens is 372 g/mol. The number of nitrogens with two attached hydrogens (primary N) is 1. The van der Waals surface area contributed by atoms with Crippen LogP contribution in [0.2, 0.25) is 0 Å². The SMILES string of the molecule is NC(=O)[C@H](Cc1cccnc1Br)NC(=O)c1cc(F)cc(F)c1. The summed E-state index contributed by atoms with van der Waals surface area (Å²) in [5.74, 6) is -3.35. The van der Waals surface area contributed by atoms with E-state index < -0.39 is 29.5 Å². The molecule has 0 radical (unpaired) electrons. The van der Waals surface area contributed by atoms with Crippen LogP contribution in [0.4, 0.5) is 8.78 Å². The van der Waals surface area contributed by atoms with Gasteiger partial charge in [-0.2, -0.15) is 0 Å². The molecule has 120 valence electrons. The molecular formula is C15H12BrF2N3O2. The van der Waals surface area contributed by atoms with Gasteiger partial charge in [-0.3, -0.25) is 9.59 Å². The molecule has 2 rings (SSSR count). The number of hydrogen-bond acceptors (Lipinski definition) is 3. The van der Waals surface area contributed by atoms with Crippen LogP contribution >= 0.6 is 15.9 Å².